The van der Waals surface area contributed by atoms with E-state index in [0.29, 0.717) is 0 Å². The summed E-state index contributed by atoms with van der Waals surface area (Å²) in [5.74, 6) is -0.736. The summed E-state index contributed by atoms with van der Waals surface area (Å²) < 4.78 is 40.7. The van der Waals surface area contributed by atoms with Crippen LogP contribution in [0.3, 0.4) is 0 Å². The van der Waals surface area contributed by atoms with Gasteiger partial charge in [-0.15, -0.1) is 25.6 Å². The van der Waals surface area contributed by atoms with Crippen molar-refractivity contribution in [3.63, 3.8) is 0 Å². The molecule has 2 unspecified atom stereocenters. The lowest BCUT2D eigenvalue weighted by Gasteiger charge is -2.18. The Labute approximate surface area is 133 Å². The highest BCUT2D eigenvalue weighted by Crippen LogP contribution is 2.26. The van der Waals surface area contributed by atoms with Gasteiger partial charge in [-0.2, -0.15) is 0 Å². The molecule has 1 aromatic rings. The molecule has 0 saturated carbocycles. The zero-order valence-corrected chi connectivity index (χ0v) is 13.1. The van der Waals surface area contributed by atoms with Gasteiger partial charge in [0.2, 0.25) is 5.91 Å². The number of hydrogen-bond donors (Lipinski definition) is 2. The van der Waals surface area contributed by atoms with Crippen LogP contribution >= 0.6 is 12.4 Å². The highest BCUT2D eigenvalue weighted by atomic mass is 35.5. The van der Waals surface area contributed by atoms with Crippen LogP contribution in [0.5, 0.6) is 5.75 Å². The fourth-order valence-corrected chi connectivity index (χ4v) is 1.69. The van der Waals surface area contributed by atoms with Crippen molar-refractivity contribution in [2.24, 2.45) is 11.7 Å². The minimum absolute atomic E-state index is 0. The molecule has 3 N–H and O–H groups in total. The second kappa shape index (κ2) is 8.85. The van der Waals surface area contributed by atoms with Gasteiger partial charge in [0.15, 0.2) is 0 Å². The van der Waals surface area contributed by atoms with Crippen molar-refractivity contribution in [2.75, 3.05) is 0 Å². The summed E-state index contributed by atoms with van der Waals surface area (Å²) in [4.78, 5) is 11.8. The van der Waals surface area contributed by atoms with Gasteiger partial charge in [-0.05, 0) is 12.0 Å². The van der Waals surface area contributed by atoms with Crippen LogP contribution in [0.15, 0.2) is 24.3 Å². The summed E-state index contributed by atoms with van der Waals surface area (Å²) in [7, 11) is 0. The molecule has 1 amide bonds. The molecule has 1 aromatic carbocycles. The number of benzene rings is 1. The molecule has 0 bridgehead atoms. The highest BCUT2D eigenvalue weighted by Gasteiger charge is 2.32. The van der Waals surface area contributed by atoms with Crippen molar-refractivity contribution in [2.45, 2.75) is 39.2 Å². The van der Waals surface area contributed by atoms with Crippen LogP contribution in [0, 0.1) is 5.92 Å². The predicted molar refractivity (Wildman–Crippen MR) is 79.7 cm³/mol. The molecule has 0 aliphatic carbocycles. The molecule has 1 rings (SSSR count). The summed E-state index contributed by atoms with van der Waals surface area (Å²) in [6, 6.07) is 4.96. The maximum Gasteiger partial charge on any atom is 0.573 e. The van der Waals surface area contributed by atoms with Crippen molar-refractivity contribution < 1.29 is 22.7 Å². The van der Waals surface area contributed by atoms with Crippen LogP contribution in [-0.4, -0.2) is 18.3 Å². The zero-order chi connectivity index (χ0) is 16.0. The molecule has 0 aromatic heterocycles. The first-order valence-corrected chi connectivity index (χ1v) is 6.61. The Hall–Kier alpha value is -1.47. The topological polar surface area (TPSA) is 64.4 Å². The van der Waals surface area contributed by atoms with Gasteiger partial charge in [-0.25, -0.2) is 0 Å². The van der Waals surface area contributed by atoms with E-state index in [4.69, 9.17) is 5.73 Å². The second-order valence-electron chi connectivity index (χ2n) is 4.78. The molecule has 0 aliphatic heterocycles. The van der Waals surface area contributed by atoms with Gasteiger partial charge in [0.25, 0.3) is 0 Å². The lowest BCUT2D eigenvalue weighted by Crippen LogP contribution is -2.44. The van der Waals surface area contributed by atoms with E-state index in [1.54, 1.807) is 6.07 Å². The summed E-state index contributed by atoms with van der Waals surface area (Å²) in [5, 5.41) is 2.53. The fourth-order valence-electron chi connectivity index (χ4n) is 1.69. The molecule has 0 saturated heterocycles. The lowest BCUT2D eigenvalue weighted by molar-refractivity contribution is -0.274. The second-order valence-corrected chi connectivity index (χ2v) is 4.78. The number of para-hydroxylation sites is 1. The van der Waals surface area contributed by atoms with Crippen molar-refractivity contribution in [3.05, 3.63) is 29.8 Å². The summed E-state index contributed by atoms with van der Waals surface area (Å²) >= 11 is 0. The number of nitrogens with two attached hydrogens (primary N) is 1. The molecule has 4 nitrogen and oxygen atoms in total. The van der Waals surface area contributed by atoms with Crippen LogP contribution in [0.2, 0.25) is 0 Å². The Morgan fingerprint density at radius 1 is 1.36 bits per heavy atom. The van der Waals surface area contributed by atoms with Crippen molar-refractivity contribution in [1.29, 1.82) is 0 Å². The number of amides is 1. The van der Waals surface area contributed by atoms with E-state index in [1.807, 2.05) is 13.8 Å². The summed E-state index contributed by atoms with van der Waals surface area (Å²) in [5.41, 5.74) is 5.99. The number of halogens is 4. The number of rotatable bonds is 6. The Balaban J connectivity index is 0.00000441. The molecule has 2 atom stereocenters. The first-order chi connectivity index (χ1) is 9.74. The Bertz CT molecular complexity index is 483. The molecule has 8 heteroatoms. The number of hydrogen-bond acceptors (Lipinski definition) is 3. The first kappa shape index (κ1) is 20.5. The molecule has 0 spiro atoms. The third-order valence-electron chi connectivity index (χ3n) is 3.21. The maximum atomic E-state index is 12.3. The van der Waals surface area contributed by atoms with Crippen molar-refractivity contribution >= 4 is 18.3 Å². The van der Waals surface area contributed by atoms with Crippen LogP contribution < -0.4 is 15.8 Å². The standard InChI is InChI=1S/C14H19F3N2O2.ClH/c1-3-9(2)12(18)13(20)19-8-10-6-4-5-7-11(10)21-14(15,16)17;/h4-7,9,12H,3,8,18H2,1-2H3,(H,19,20);1H. The van der Waals surface area contributed by atoms with E-state index >= 15 is 0 Å². The molecular weight excluding hydrogens is 321 g/mol. The zero-order valence-electron chi connectivity index (χ0n) is 12.3. The largest absolute Gasteiger partial charge is 0.573 e. The quantitative estimate of drug-likeness (QED) is 0.836. The van der Waals surface area contributed by atoms with E-state index in [2.05, 4.69) is 10.1 Å². The molecule has 22 heavy (non-hydrogen) atoms. The van der Waals surface area contributed by atoms with E-state index in [0.717, 1.165) is 6.42 Å². The van der Waals surface area contributed by atoms with Gasteiger partial charge in [0.05, 0.1) is 6.04 Å². The third kappa shape index (κ3) is 6.53. The minimum Gasteiger partial charge on any atom is -0.405 e. The number of carbonyl (C=O) groups excluding carboxylic acids is 1. The predicted octanol–water partition coefficient (Wildman–Crippen LogP) is 3.00. The van der Waals surface area contributed by atoms with E-state index in [-0.39, 0.29) is 36.2 Å². The molecular formula is C14H20ClF3N2O2. The Morgan fingerprint density at radius 3 is 2.50 bits per heavy atom. The van der Waals surface area contributed by atoms with Gasteiger partial charge in [0, 0.05) is 12.1 Å². The molecule has 0 fully saturated rings. The summed E-state index contributed by atoms with van der Waals surface area (Å²) in [6.45, 7) is 3.67. The third-order valence-corrected chi connectivity index (χ3v) is 3.21. The lowest BCUT2D eigenvalue weighted by atomic mass is 9.99. The van der Waals surface area contributed by atoms with Crippen LogP contribution in [0.1, 0.15) is 25.8 Å². The molecule has 0 radical (unpaired) electrons. The SMILES string of the molecule is CCC(C)C(N)C(=O)NCc1ccccc1OC(F)(F)F.Cl. The first-order valence-electron chi connectivity index (χ1n) is 6.61. The average Bonchev–Trinajstić information content (AvgIpc) is 2.42. The average molecular weight is 341 g/mol. The van der Waals surface area contributed by atoms with Gasteiger partial charge in [-0.3, -0.25) is 4.79 Å². The Morgan fingerprint density at radius 2 is 1.95 bits per heavy atom. The smallest absolute Gasteiger partial charge is 0.405 e. The monoisotopic (exact) mass is 340 g/mol. The van der Waals surface area contributed by atoms with Crippen molar-refractivity contribution in [1.82, 2.24) is 5.32 Å². The summed E-state index contributed by atoms with van der Waals surface area (Å²) in [6.07, 6.45) is -4.03. The van der Waals surface area contributed by atoms with E-state index in [9.17, 15) is 18.0 Å². The number of carbonyl (C=O) groups is 1. The molecule has 0 heterocycles. The number of nitrogens with one attached hydrogen (secondary N) is 1. The van der Waals surface area contributed by atoms with Gasteiger partial charge >= 0.3 is 6.36 Å². The maximum absolute atomic E-state index is 12.3. The van der Waals surface area contributed by atoms with Crippen LogP contribution in [0.25, 0.3) is 0 Å². The highest BCUT2D eigenvalue weighted by molar-refractivity contribution is 5.85. The minimum atomic E-state index is -4.77. The molecule has 126 valence electrons. The van der Waals surface area contributed by atoms with Gasteiger partial charge in [0.1, 0.15) is 5.75 Å². The van der Waals surface area contributed by atoms with E-state index < -0.39 is 18.3 Å². The fraction of sp³-hybridized carbons (Fsp3) is 0.500. The van der Waals surface area contributed by atoms with Crippen LogP contribution in [0.4, 0.5) is 13.2 Å². The molecule has 0 aliphatic rings. The number of ether oxygens (including phenoxy) is 1. The Kier molecular flexibility index (Phi) is 8.26. The van der Waals surface area contributed by atoms with Gasteiger partial charge < -0.3 is 15.8 Å². The van der Waals surface area contributed by atoms with E-state index in [1.165, 1.54) is 18.2 Å². The van der Waals surface area contributed by atoms with Crippen LogP contribution in [-0.2, 0) is 11.3 Å². The van der Waals surface area contributed by atoms with Gasteiger partial charge in [-0.1, -0.05) is 38.5 Å². The normalized spacial score (nSPS) is 13.7. The number of alkyl halides is 3. The van der Waals surface area contributed by atoms with Crippen molar-refractivity contribution in [3.8, 4) is 5.75 Å².